The molecule has 2 nitrogen and oxygen atoms in total. The monoisotopic (exact) mass is 258 g/mol. The van der Waals surface area contributed by atoms with Gasteiger partial charge in [-0.05, 0) is 37.7 Å². The predicted molar refractivity (Wildman–Crippen MR) is 78.4 cm³/mol. The van der Waals surface area contributed by atoms with E-state index >= 15 is 0 Å². The van der Waals surface area contributed by atoms with Crippen molar-refractivity contribution in [3.8, 4) is 0 Å². The van der Waals surface area contributed by atoms with Gasteiger partial charge in [-0.3, -0.25) is 0 Å². The van der Waals surface area contributed by atoms with Crippen LogP contribution in [-0.2, 0) is 0 Å². The molecule has 2 aromatic carbocycles. The molecule has 2 rings (SSSR count). The summed E-state index contributed by atoms with van der Waals surface area (Å²) >= 11 is 0. The van der Waals surface area contributed by atoms with Crippen LogP contribution in [0.3, 0.4) is 0 Å². The van der Waals surface area contributed by atoms with Crippen molar-refractivity contribution in [3.63, 3.8) is 0 Å². The van der Waals surface area contributed by atoms with Crippen LogP contribution < -0.4 is 10.2 Å². The Hall–Kier alpha value is -1.87. The number of para-hydroxylation sites is 2. The van der Waals surface area contributed by atoms with E-state index in [0.29, 0.717) is 5.69 Å². The van der Waals surface area contributed by atoms with Crippen molar-refractivity contribution >= 4 is 11.4 Å². The average Bonchev–Trinajstić information content (AvgIpc) is 2.46. The molecule has 0 aromatic heterocycles. The minimum absolute atomic E-state index is 0.211. The third kappa shape index (κ3) is 2.76. The Kier molecular flexibility index (Phi) is 4.17. The van der Waals surface area contributed by atoms with E-state index in [9.17, 15) is 4.39 Å². The van der Waals surface area contributed by atoms with Gasteiger partial charge in [-0.15, -0.1) is 0 Å². The Morgan fingerprint density at radius 2 is 1.58 bits per heavy atom. The Labute approximate surface area is 113 Å². The van der Waals surface area contributed by atoms with Gasteiger partial charge < -0.3 is 10.2 Å². The van der Waals surface area contributed by atoms with E-state index in [1.165, 1.54) is 6.07 Å². The van der Waals surface area contributed by atoms with Crippen LogP contribution in [0.2, 0.25) is 0 Å². The Morgan fingerprint density at radius 3 is 2.21 bits per heavy atom. The van der Waals surface area contributed by atoms with Gasteiger partial charge in [-0.1, -0.05) is 30.3 Å². The Bertz CT molecular complexity index is 554. The van der Waals surface area contributed by atoms with Gasteiger partial charge in [-0.2, -0.15) is 0 Å². The number of benzene rings is 2. The number of anilines is 2. The van der Waals surface area contributed by atoms with Crippen LogP contribution in [0.1, 0.15) is 18.5 Å². The molecule has 0 aliphatic heterocycles. The highest BCUT2D eigenvalue weighted by atomic mass is 19.1. The molecule has 0 aliphatic rings. The molecule has 0 radical (unpaired) electrons. The molecule has 0 spiro atoms. The zero-order chi connectivity index (χ0) is 13.8. The first-order chi connectivity index (χ1) is 9.15. The van der Waals surface area contributed by atoms with Gasteiger partial charge in [0.05, 0.1) is 5.69 Å². The van der Waals surface area contributed by atoms with Crippen LogP contribution in [0.15, 0.2) is 48.5 Å². The molecule has 19 heavy (non-hydrogen) atoms. The topological polar surface area (TPSA) is 15.3 Å². The van der Waals surface area contributed by atoms with Crippen molar-refractivity contribution in [1.29, 1.82) is 0 Å². The molecule has 0 heterocycles. The summed E-state index contributed by atoms with van der Waals surface area (Å²) in [5.74, 6) is -0.211. The molecule has 0 saturated heterocycles. The number of rotatable bonds is 4. The van der Waals surface area contributed by atoms with Gasteiger partial charge in [0.15, 0.2) is 0 Å². The van der Waals surface area contributed by atoms with E-state index in [2.05, 4.69) is 18.3 Å². The lowest BCUT2D eigenvalue weighted by Crippen LogP contribution is -2.18. The zero-order valence-electron chi connectivity index (χ0n) is 11.5. The maximum atomic E-state index is 13.9. The van der Waals surface area contributed by atoms with Crippen LogP contribution in [0.4, 0.5) is 15.8 Å². The fourth-order valence-electron chi connectivity index (χ4n) is 2.17. The summed E-state index contributed by atoms with van der Waals surface area (Å²) in [6, 6.07) is 15.1. The zero-order valence-corrected chi connectivity index (χ0v) is 11.5. The van der Waals surface area contributed by atoms with E-state index in [-0.39, 0.29) is 11.9 Å². The minimum atomic E-state index is -0.211. The summed E-state index contributed by atoms with van der Waals surface area (Å²) in [7, 11) is 3.81. The van der Waals surface area contributed by atoms with Gasteiger partial charge in [0.2, 0.25) is 0 Å². The van der Waals surface area contributed by atoms with E-state index in [1.807, 2.05) is 43.3 Å². The molecule has 1 unspecified atom stereocenters. The number of halogens is 1. The maximum Gasteiger partial charge on any atom is 0.146 e. The van der Waals surface area contributed by atoms with Crippen LogP contribution in [0.5, 0.6) is 0 Å². The second-order valence-electron chi connectivity index (χ2n) is 4.58. The summed E-state index contributed by atoms with van der Waals surface area (Å²) in [6.45, 7) is 2.09. The largest absolute Gasteiger partial charge is 0.342 e. The first kappa shape index (κ1) is 13.6. The SMILES string of the molecule is CNC(C)c1ccccc1N(C)c1ccccc1F. The number of hydrogen-bond acceptors (Lipinski definition) is 2. The average molecular weight is 258 g/mol. The standard InChI is InChI=1S/C16H19FN2/c1-12(18-2)13-8-4-6-10-15(13)19(3)16-11-7-5-9-14(16)17/h4-12,18H,1-3H3. The normalized spacial score (nSPS) is 12.2. The lowest BCUT2D eigenvalue weighted by atomic mass is 10.0. The van der Waals surface area contributed by atoms with Crippen molar-refractivity contribution < 1.29 is 4.39 Å². The third-order valence-electron chi connectivity index (χ3n) is 3.41. The van der Waals surface area contributed by atoms with Gasteiger partial charge in [0.1, 0.15) is 5.82 Å². The molecule has 0 saturated carbocycles. The van der Waals surface area contributed by atoms with Crippen LogP contribution in [0.25, 0.3) is 0 Å². The molecule has 0 bridgehead atoms. The smallest absolute Gasteiger partial charge is 0.146 e. The molecule has 0 amide bonds. The number of nitrogens with zero attached hydrogens (tertiary/aromatic N) is 1. The van der Waals surface area contributed by atoms with Crippen molar-refractivity contribution in [2.75, 3.05) is 19.0 Å². The fraction of sp³-hybridized carbons (Fsp3) is 0.250. The van der Waals surface area contributed by atoms with Crippen LogP contribution >= 0.6 is 0 Å². The highest BCUT2D eigenvalue weighted by Crippen LogP contribution is 2.31. The summed E-state index contributed by atoms with van der Waals surface area (Å²) in [5.41, 5.74) is 2.74. The van der Waals surface area contributed by atoms with E-state index in [0.717, 1.165) is 11.3 Å². The van der Waals surface area contributed by atoms with Gasteiger partial charge >= 0.3 is 0 Å². The predicted octanol–water partition coefficient (Wildman–Crippen LogP) is 3.87. The van der Waals surface area contributed by atoms with Crippen LogP contribution in [-0.4, -0.2) is 14.1 Å². The first-order valence-corrected chi connectivity index (χ1v) is 6.39. The quantitative estimate of drug-likeness (QED) is 0.895. The lowest BCUT2D eigenvalue weighted by molar-refractivity contribution is 0.626. The molecule has 1 atom stereocenters. The molecule has 0 fully saturated rings. The van der Waals surface area contributed by atoms with Crippen molar-refractivity contribution in [3.05, 3.63) is 59.9 Å². The lowest BCUT2D eigenvalue weighted by Gasteiger charge is -2.25. The molecule has 100 valence electrons. The van der Waals surface area contributed by atoms with Gasteiger partial charge in [0, 0.05) is 18.8 Å². The molecular weight excluding hydrogens is 239 g/mol. The summed E-state index contributed by atoms with van der Waals surface area (Å²) in [6.07, 6.45) is 0. The summed E-state index contributed by atoms with van der Waals surface area (Å²) in [5, 5.41) is 3.22. The van der Waals surface area contributed by atoms with Crippen molar-refractivity contribution in [2.45, 2.75) is 13.0 Å². The third-order valence-corrected chi connectivity index (χ3v) is 3.41. The Balaban J connectivity index is 2.45. The minimum Gasteiger partial charge on any atom is -0.342 e. The molecule has 0 aliphatic carbocycles. The summed E-state index contributed by atoms with van der Waals surface area (Å²) < 4.78 is 13.9. The maximum absolute atomic E-state index is 13.9. The molecular formula is C16H19FN2. The second kappa shape index (κ2) is 5.85. The molecule has 3 heteroatoms. The van der Waals surface area contributed by atoms with E-state index in [1.54, 1.807) is 12.1 Å². The number of nitrogens with one attached hydrogen (secondary N) is 1. The van der Waals surface area contributed by atoms with Crippen LogP contribution in [0, 0.1) is 5.82 Å². The van der Waals surface area contributed by atoms with Crippen molar-refractivity contribution in [2.24, 2.45) is 0 Å². The van der Waals surface area contributed by atoms with E-state index in [4.69, 9.17) is 0 Å². The Morgan fingerprint density at radius 1 is 1.00 bits per heavy atom. The van der Waals surface area contributed by atoms with Gasteiger partial charge in [0.25, 0.3) is 0 Å². The highest BCUT2D eigenvalue weighted by molar-refractivity contribution is 5.66. The fourth-order valence-corrected chi connectivity index (χ4v) is 2.17. The second-order valence-corrected chi connectivity index (χ2v) is 4.58. The summed E-state index contributed by atoms with van der Waals surface area (Å²) in [4.78, 5) is 1.89. The molecule has 2 aromatic rings. The number of hydrogen-bond donors (Lipinski definition) is 1. The van der Waals surface area contributed by atoms with E-state index < -0.39 is 0 Å². The first-order valence-electron chi connectivity index (χ1n) is 6.39. The highest BCUT2D eigenvalue weighted by Gasteiger charge is 2.14. The van der Waals surface area contributed by atoms with Crippen molar-refractivity contribution in [1.82, 2.24) is 5.32 Å². The van der Waals surface area contributed by atoms with Gasteiger partial charge in [-0.25, -0.2) is 4.39 Å². The molecule has 1 N–H and O–H groups in total.